The molecule has 0 radical (unpaired) electrons. The smallest absolute Gasteiger partial charge is 0.258 e. The number of sulfonamides is 1. The van der Waals surface area contributed by atoms with Gasteiger partial charge in [-0.05, 0) is 73.9 Å². The first-order valence-electron chi connectivity index (χ1n) is 10.6. The average Bonchev–Trinajstić information content (AvgIpc) is 3.29. The first-order valence-corrected chi connectivity index (χ1v) is 12.0. The van der Waals surface area contributed by atoms with Gasteiger partial charge in [-0.1, -0.05) is 24.3 Å². The van der Waals surface area contributed by atoms with Crippen LogP contribution in [0.5, 0.6) is 5.75 Å². The maximum atomic E-state index is 12.7. The largest absolute Gasteiger partial charge is 0.484 e. The van der Waals surface area contributed by atoms with Gasteiger partial charge in [0.15, 0.2) is 6.61 Å². The van der Waals surface area contributed by atoms with Crippen LogP contribution >= 0.6 is 0 Å². The minimum atomic E-state index is -3.46. The molecule has 0 saturated carbocycles. The second-order valence-corrected chi connectivity index (χ2v) is 9.98. The van der Waals surface area contributed by atoms with Crippen LogP contribution in [0, 0.1) is 6.92 Å². The number of rotatable bonds is 6. The first-order chi connectivity index (χ1) is 14.4. The Morgan fingerprint density at radius 1 is 1.13 bits per heavy atom. The van der Waals surface area contributed by atoms with Crippen LogP contribution in [0.3, 0.4) is 0 Å². The predicted molar refractivity (Wildman–Crippen MR) is 115 cm³/mol. The second kappa shape index (κ2) is 8.78. The first kappa shape index (κ1) is 20.9. The molecule has 2 aliphatic rings. The van der Waals surface area contributed by atoms with Gasteiger partial charge in [-0.25, -0.2) is 8.42 Å². The van der Waals surface area contributed by atoms with Crippen molar-refractivity contribution in [3.05, 3.63) is 59.2 Å². The summed E-state index contributed by atoms with van der Waals surface area (Å²) in [6, 6.07) is 13.1. The SMILES string of the molecule is Cc1cc(S(=O)(=O)N2CCCC2)ccc1OCC(=O)N[C@H]1CCCc2ccccc21. The lowest BCUT2D eigenvalue weighted by molar-refractivity contribution is -0.124. The van der Waals surface area contributed by atoms with Crippen LogP contribution in [0.4, 0.5) is 0 Å². The molecule has 160 valence electrons. The Labute approximate surface area is 178 Å². The number of carbonyl (C=O) groups is 1. The summed E-state index contributed by atoms with van der Waals surface area (Å²) in [4.78, 5) is 12.7. The number of aryl methyl sites for hydroxylation is 2. The van der Waals surface area contributed by atoms with Gasteiger partial charge in [0.25, 0.3) is 5.91 Å². The van der Waals surface area contributed by atoms with Crippen molar-refractivity contribution in [1.29, 1.82) is 0 Å². The Morgan fingerprint density at radius 3 is 2.67 bits per heavy atom. The van der Waals surface area contributed by atoms with E-state index in [1.165, 1.54) is 15.4 Å². The molecular weight excluding hydrogens is 400 g/mol. The molecule has 0 aromatic heterocycles. The molecule has 1 N–H and O–H groups in total. The average molecular weight is 429 g/mol. The molecule has 1 atom stereocenters. The monoisotopic (exact) mass is 428 g/mol. The van der Waals surface area contributed by atoms with Crippen molar-refractivity contribution in [2.24, 2.45) is 0 Å². The highest BCUT2D eigenvalue weighted by atomic mass is 32.2. The molecule has 2 aromatic rings. The quantitative estimate of drug-likeness (QED) is 0.766. The summed E-state index contributed by atoms with van der Waals surface area (Å²) in [6.07, 6.45) is 4.82. The van der Waals surface area contributed by atoms with E-state index in [9.17, 15) is 13.2 Å². The van der Waals surface area contributed by atoms with Gasteiger partial charge in [-0.2, -0.15) is 4.31 Å². The topological polar surface area (TPSA) is 75.7 Å². The Kier molecular flexibility index (Phi) is 6.11. The number of benzene rings is 2. The van der Waals surface area contributed by atoms with E-state index in [4.69, 9.17) is 4.74 Å². The van der Waals surface area contributed by atoms with Gasteiger partial charge in [0.2, 0.25) is 10.0 Å². The van der Waals surface area contributed by atoms with Gasteiger partial charge < -0.3 is 10.1 Å². The summed E-state index contributed by atoms with van der Waals surface area (Å²) in [5.74, 6) is 0.347. The van der Waals surface area contributed by atoms with E-state index in [0.717, 1.165) is 32.1 Å². The molecule has 0 spiro atoms. The van der Waals surface area contributed by atoms with Gasteiger partial charge in [-0.3, -0.25) is 4.79 Å². The molecule has 1 saturated heterocycles. The van der Waals surface area contributed by atoms with E-state index in [1.807, 2.05) is 12.1 Å². The lowest BCUT2D eigenvalue weighted by atomic mass is 9.88. The number of fused-ring (bicyclic) bond motifs is 1. The standard InChI is InChI=1S/C23H28N2O4S/c1-17-15-19(30(27,28)25-13-4-5-14-25)11-12-22(17)29-16-23(26)24-21-10-6-8-18-7-2-3-9-20(18)21/h2-3,7,9,11-12,15,21H,4-6,8,10,13-14,16H2,1H3,(H,24,26)/t21-/m0/s1. The molecule has 0 bridgehead atoms. The molecule has 1 aliphatic heterocycles. The third-order valence-electron chi connectivity index (χ3n) is 5.91. The summed E-state index contributed by atoms with van der Waals surface area (Å²) in [7, 11) is -3.46. The molecule has 4 rings (SSSR count). The van der Waals surface area contributed by atoms with Crippen LogP contribution in [0.2, 0.25) is 0 Å². The van der Waals surface area contributed by atoms with Crippen molar-refractivity contribution in [3.63, 3.8) is 0 Å². The Balaban J connectivity index is 1.38. The molecular formula is C23H28N2O4S. The van der Waals surface area contributed by atoms with Crippen molar-refractivity contribution in [1.82, 2.24) is 9.62 Å². The van der Waals surface area contributed by atoms with Crippen LogP contribution in [0.1, 0.15) is 48.4 Å². The zero-order valence-electron chi connectivity index (χ0n) is 17.3. The summed E-state index contributed by atoms with van der Waals surface area (Å²) in [5.41, 5.74) is 3.18. The van der Waals surface area contributed by atoms with Crippen LogP contribution in [-0.4, -0.2) is 38.3 Å². The number of ether oxygens (including phenoxy) is 1. The van der Waals surface area contributed by atoms with Crippen molar-refractivity contribution < 1.29 is 17.9 Å². The van der Waals surface area contributed by atoms with Crippen LogP contribution in [-0.2, 0) is 21.2 Å². The van der Waals surface area contributed by atoms with Crippen molar-refractivity contribution in [2.45, 2.75) is 50.0 Å². The number of nitrogens with one attached hydrogen (secondary N) is 1. The molecule has 1 amide bonds. The fourth-order valence-electron chi connectivity index (χ4n) is 4.31. The molecule has 1 aliphatic carbocycles. The molecule has 30 heavy (non-hydrogen) atoms. The Hall–Kier alpha value is -2.38. The van der Waals surface area contributed by atoms with Crippen LogP contribution in [0.25, 0.3) is 0 Å². The predicted octanol–water partition coefficient (Wildman–Crippen LogP) is 3.35. The molecule has 1 heterocycles. The number of nitrogens with zero attached hydrogens (tertiary/aromatic N) is 1. The van der Waals surface area contributed by atoms with Crippen molar-refractivity contribution in [3.8, 4) is 5.75 Å². The lowest BCUT2D eigenvalue weighted by Crippen LogP contribution is -2.34. The van der Waals surface area contributed by atoms with Gasteiger partial charge in [0, 0.05) is 13.1 Å². The molecule has 6 nitrogen and oxygen atoms in total. The van der Waals surface area contributed by atoms with Crippen molar-refractivity contribution in [2.75, 3.05) is 19.7 Å². The fraction of sp³-hybridized carbons (Fsp3) is 0.435. The summed E-state index contributed by atoms with van der Waals surface area (Å²) < 4.78 is 32.6. The van der Waals surface area contributed by atoms with Crippen molar-refractivity contribution >= 4 is 15.9 Å². The van der Waals surface area contributed by atoms with E-state index in [2.05, 4.69) is 17.4 Å². The highest BCUT2D eigenvalue weighted by Gasteiger charge is 2.27. The highest BCUT2D eigenvalue weighted by Crippen LogP contribution is 2.29. The van der Waals surface area contributed by atoms with Crippen LogP contribution in [0.15, 0.2) is 47.4 Å². The zero-order chi connectivity index (χ0) is 21.1. The zero-order valence-corrected chi connectivity index (χ0v) is 18.1. The maximum Gasteiger partial charge on any atom is 0.258 e. The summed E-state index contributed by atoms with van der Waals surface area (Å²) in [6.45, 7) is 2.85. The number of carbonyl (C=O) groups excluding carboxylic acids is 1. The van der Waals surface area contributed by atoms with E-state index < -0.39 is 10.0 Å². The number of amides is 1. The van der Waals surface area contributed by atoms with Gasteiger partial charge >= 0.3 is 0 Å². The lowest BCUT2D eigenvalue weighted by Gasteiger charge is -2.26. The minimum absolute atomic E-state index is 0.0140. The van der Waals surface area contributed by atoms with Crippen LogP contribution < -0.4 is 10.1 Å². The third kappa shape index (κ3) is 4.37. The fourth-order valence-corrected chi connectivity index (χ4v) is 5.91. The number of hydrogen-bond donors (Lipinski definition) is 1. The second-order valence-electron chi connectivity index (χ2n) is 8.04. The molecule has 1 fully saturated rings. The van der Waals surface area contributed by atoms with E-state index in [0.29, 0.717) is 24.4 Å². The molecule has 2 aromatic carbocycles. The Bertz CT molecular complexity index is 1030. The third-order valence-corrected chi connectivity index (χ3v) is 7.81. The molecule has 0 unspecified atom stereocenters. The summed E-state index contributed by atoms with van der Waals surface area (Å²) in [5, 5.41) is 3.07. The van der Waals surface area contributed by atoms with E-state index >= 15 is 0 Å². The van der Waals surface area contributed by atoms with Gasteiger partial charge in [0.05, 0.1) is 10.9 Å². The Morgan fingerprint density at radius 2 is 1.90 bits per heavy atom. The van der Waals surface area contributed by atoms with Gasteiger partial charge in [0.1, 0.15) is 5.75 Å². The van der Waals surface area contributed by atoms with E-state index in [-0.39, 0.29) is 23.5 Å². The number of hydrogen-bond acceptors (Lipinski definition) is 4. The normalized spacial score (nSPS) is 19.3. The minimum Gasteiger partial charge on any atom is -0.484 e. The molecule has 7 heteroatoms. The maximum absolute atomic E-state index is 12.7. The van der Waals surface area contributed by atoms with E-state index in [1.54, 1.807) is 25.1 Å². The summed E-state index contributed by atoms with van der Waals surface area (Å²) >= 11 is 0. The highest BCUT2D eigenvalue weighted by molar-refractivity contribution is 7.89. The van der Waals surface area contributed by atoms with Gasteiger partial charge in [-0.15, -0.1) is 0 Å².